The van der Waals surface area contributed by atoms with E-state index in [1.54, 1.807) is 25.6 Å². The molecule has 3 aromatic rings. The van der Waals surface area contributed by atoms with Crippen LogP contribution >= 0.6 is 11.3 Å². The fourth-order valence-electron chi connectivity index (χ4n) is 3.37. The van der Waals surface area contributed by atoms with Crippen molar-refractivity contribution in [1.29, 1.82) is 0 Å². The van der Waals surface area contributed by atoms with Gasteiger partial charge in [0.15, 0.2) is 11.2 Å². The molecule has 0 atom stereocenters. The second-order valence-electron chi connectivity index (χ2n) is 5.83. The van der Waals surface area contributed by atoms with Crippen molar-refractivity contribution in [3.05, 3.63) is 34.5 Å². The Labute approximate surface area is 143 Å². The fourth-order valence-corrected chi connectivity index (χ4v) is 4.58. The molecule has 0 N–H and O–H groups in total. The van der Waals surface area contributed by atoms with Gasteiger partial charge in [-0.05, 0) is 43.9 Å². The largest absolute Gasteiger partial charge is 0.497 e. The molecule has 0 unspecified atom stereocenters. The third kappa shape index (κ3) is 2.21. The topological polar surface area (TPSA) is 52.8 Å². The predicted molar refractivity (Wildman–Crippen MR) is 93.6 cm³/mol. The molecule has 6 heteroatoms. The maximum absolute atomic E-state index is 11.9. The molecule has 0 bridgehead atoms. The highest BCUT2D eigenvalue weighted by Crippen LogP contribution is 2.38. The molecule has 5 nitrogen and oxygen atoms in total. The zero-order valence-corrected chi connectivity index (χ0v) is 14.5. The number of aldehydes is 1. The lowest BCUT2D eigenvalue weighted by Crippen LogP contribution is -2.05. The van der Waals surface area contributed by atoms with Crippen LogP contribution in [0, 0.1) is 0 Å². The molecule has 0 spiro atoms. The lowest BCUT2D eigenvalue weighted by molar-refractivity contribution is 0.111. The van der Waals surface area contributed by atoms with Gasteiger partial charge in [0.2, 0.25) is 0 Å². The number of aryl methyl sites for hydroxylation is 2. The third-order valence-corrected chi connectivity index (χ3v) is 5.67. The molecular formula is C18H18N2O3S. The Morgan fingerprint density at radius 1 is 1.21 bits per heavy atom. The van der Waals surface area contributed by atoms with Crippen LogP contribution in [0.3, 0.4) is 0 Å². The zero-order valence-electron chi connectivity index (χ0n) is 13.7. The zero-order chi connectivity index (χ0) is 16.7. The summed E-state index contributed by atoms with van der Waals surface area (Å²) in [6.07, 6.45) is 5.35. The van der Waals surface area contributed by atoms with Gasteiger partial charge in [-0.25, -0.2) is 4.98 Å². The molecule has 124 valence electrons. The van der Waals surface area contributed by atoms with Gasteiger partial charge in [-0.2, -0.15) is 0 Å². The summed E-state index contributed by atoms with van der Waals surface area (Å²) >= 11 is 1.69. The van der Waals surface area contributed by atoms with E-state index < -0.39 is 0 Å². The highest BCUT2D eigenvalue weighted by Gasteiger charge is 2.24. The fraction of sp³-hybridized carbons (Fsp3) is 0.333. The van der Waals surface area contributed by atoms with E-state index in [-0.39, 0.29) is 0 Å². The van der Waals surface area contributed by atoms with Crippen LogP contribution < -0.4 is 9.47 Å². The second kappa shape index (κ2) is 5.94. The molecule has 0 amide bonds. The molecule has 1 aliphatic carbocycles. The minimum atomic E-state index is 0.593. The number of carbonyl (C=O) groups excluding carboxylic acids is 1. The van der Waals surface area contributed by atoms with Gasteiger partial charge in [-0.3, -0.25) is 9.20 Å². The first-order valence-electron chi connectivity index (χ1n) is 7.97. The molecule has 2 aromatic heterocycles. The van der Waals surface area contributed by atoms with Gasteiger partial charge in [-0.15, -0.1) is 11.3 Å². The number of hydrogen-bond donors (Lipinski definition) is 0. The second-order valence-corrected chi connectivity index (χ2v) is 6.89. The van der Waals surface area contributed by atoms with E-state index in [9.17, 15) is 4.79 Å². The molecule has 1 aromatic carbocycles. The van der Waals surface area contributed by atoms with Crippen molar-refractivity contribution in [3.8, 4) is 22.8 Å². The third-order valence-electron chi connectivity index (χ3n) is 4.53. The summed E-state index contributed by atoms with van der Waals surface area (Å²) in [4.78, 5) is 18.9. The SMILES string of the molecule is COc1ccc(OC)c(-c2nc3sc4c(n3c2C=O)CCCC4)c1. The number of methoxy groups -OCH3 is 2. The summed E-state index contributed by atoms with van der Waals surface area (Å²) in [6, 6.07) is 5.54. The number of benzene rings is 1. The number of imidazole rings is 1. The van der Waals surface area contributed by atoms with Crippen LogP contribution in [0.2, 0.25) is 0 Å². The smallest absolute Gasteiger partial charge is 0.195 e. The van der Waals surface area contributed by atoms with Crippen LogP contribution in [-0.2, 0) is 12.8 Å². The van der Waals surface area contributed by atoms with Crippen molar-refractivity contribution in [2.45, 2.75) is 25.7 Å². The molecule has 4 rings (SSSR count). The Kier molecular flexibility index (Phi) is 3.76. The number of carbonyl (C=O) groups is 1. The Morgan fingerprint density at radius 3 is 2.79 bits per heavy atom. The molecule has 0 fully saturated rings. The van der Waals surface area contributed by atoms with Crippen molar-refractivity contribution in [2.75, 3.05) is 14.2 Å². The van der Waals surface area contributed by atoms with E-state index in [1.165, 1.54) is 17.0 Å². The number of ether oxygens (including phenoxy) is 2. The predicted octanol–water partition coefficient (Wildman–Crippen LogP) is 3.77. The first-order valence-corrected chi connectivity index (χ1v) is 8.79. The van der Waals surface area contributed by atoms with E-state index in [0.29, 0.717) is 22.9 Å². The summed E-state index contributed by atoms with van der Waals surface area (Å²) in [7, 11) is 3.24. The standard InChI is InChI=1S/C18H18N2O3S/c1-22-11-7-8-15(23-2)12(9-11)17-14(10-21)20-13-5-3-4-6-16(13)24-18(20)19-17/h7-10H,3-6H2,1-2H3. The van der Waals surface area contributed by atoms with Crippen LogP contribution in [0.25, 0.3) is 16.2 Å². The molecule has 0 saturated carbocycles. The molecule has 24 heavy (non-hydrogen) atoms. The average molecular weight is 342 g/mol. The lowest BCUT2D eigenvalue weighted by Gasteiger charge is -2.12. The number of rotatable bonds is 4. The van der Waals surface area contributed by atoms with Gasteiger partial charge in [-0.1, -0.05) is 0 Å². The Balaban J connectivity index is 1.98. The quantitative estimate of drug-likeness (QED) is 0.677. The van der Waals surface area contributed by atoms with E-state index in [0.717, 1.165) is 36.1 Å². The lowest BCUT2D eigenvalue weighted by atomic mass is 10.0. The summed E-state index contributed by atoms with van der Waals surface area (Å²) in [5.74, 6) is 1.39. The number of thiazole rings is 1. The first kappa shape index (κ1) is 15.2. The maximum atomic E-state index is 11.9. The molecule has 1 aliphatic rings. The molecule has 0 aliphatic heterocycles. The van der Waals surface area contributed by atoms with Crippen LogP contribution in [0.5, 0.6) is 11.5 Å². The van der Waals surface area contributed by atoms with Gasteiger partial charge in [0.05, 0.1) is 14.2 Å². The van der Waals surface area contributed by atoms with Gasteiger partial charge in [0.1, 0.15) is 22.9 Å². The van der Waals surface area contributed by atoms with E-state index in [2.05, 4.69) is 0 Å². The van der Waals surface area contributed by atoms with Gasteiger partial charge < -0.3 is 9.47 Å². The van der Waals surface area contributed by atoms with Gasteiger partial charge in [0.25, 0.3) is 0 Å². The molecular weight excluding hydrogens is 324 g/mol. The highest BCUT2D eigenvalue weighted by atomic mass is 32.1. The van der Waals surface area contributed by atoms with Crippen LogP contribution in [0.15, 0.2) is 18.2 Å². The monoisotopic (exact) mass is 342 g/mol. The number of nitrogens with zero attached hydrogens (tertiary/aromatic N) is 2. The van der Waals surface area contributed by atoms with Crippen molar-refractivity contribution >= 4 is 22.6 Å². The van der Waals surface area contributed by atoms with Crippen molar-refractivity contribution < 1.29 is 14.3 Å². The molecule has 0 saturated heterocycles. The summed E-state index contributed by atoms with van der Waals surface area (Å²) < 4.78 is 12.8. The Morgan fingerprint density at radius 2 is 2.04 bits per heavy atom. The van der Waals surface area contributed by atoms with E-state index in [1.807, 2.05) is 22.6 Å². The number of hydrogen-bond acceptors (Lipinski definition) is 5. The normalized spacial score (nSPS) is 13.8. The first-order chi connectivity index (χ1) is 11.8. The summed E-state index contributed by atoms with van der Waals surface area (Å²) in [6.45, 7) is 0. The van der Waals surface area contributed by atoms with Crippen molar-refractivity contribution in [2.24, 2.45) is 0 Å². The highest BCUT2D eigenvalue weighted by molar-refractivity contribution is 7.17. The Bertz CT molecular complexity index is 926. The summed E-state index contributed by atoms with van der Waals surface area (Å²) in [5, 5.41) is 0. The average Bonchev–Trinajstić information content (AvgIpc) is 3.16. The van der Waals surface area contributed by atoms with E-state index in [4.69, 9.17) is 14.5 Å². The molecule has 0 radical (unpaired) electrons. The van der Waals surface area contributed by atoms with Crippen LogP contribution in [0.1, 0.15) is 33.9 Å². The number of aromatic nitrogens is 2. The minimum absolute atomic E-state index is 0.593. The van der Waals surface area contributed by atoms with Gasteiger partial charge >= 0.3 is 0 Å². The van der Waals surface area contributed by atoms with Crippen LogP contribution in [-0.4, -0.2) is 29.9 Å². The Hall–Kier alpha value is -2.34. The van der Waals surface area contributed by atoms with Gasteiger partial charge in [0, 0.05) is 16.1 Å². The minimum Gasteiger partial charge on any atom is -0.497 e. The van der Waals surface area contributed by atoms with E-state index >= 15 is 0 Å². The van der Waals surface area contributed by atoms with Crippen molar-refractivity contribution in [3.63, 3.8) is 0 Å². The summed E-state index contributed by atoms with van der Waals surface area (Å²) in [5.41, 5.74) is 3.26. The molecule has 2 heterocycles. The van der Waals surface area contributed by atoms with Crippen molar-refractivity contribution in [1.82, 2.24) is 9.38 Å². The maximum Gasteiger partial charge on any atom is 0.195 e. The van der Waals surface area contributed by atoms with Crippen LogP contribution in [0.4, 0.5) is 0 Å². The number of fused-ring (bicyclic) bond motifs is 3.